The number of benzene rings is 2. The number of hydrogen-bond donors (Lipinski definition) is 2. The third-order valence-corrected chi connectivity index (χ3v) is 5.22. The Labute approximate surface area is 194 Å². The quantitative estimate of drug-likeness (QED) is 0.539. The summed E-state index contributed by atoms with van der Waals surface area (Å²) < 4.78 is 6.97. The van der Waals surface area contributed by atoms with Crippen molar-refractivity contribution in [3.8, 4) is 22.6 Å². The summed E-state index contributed by atoms with van der Waals surface area (Å²) in [5.74, 6) is 0.973. The molecule has 0 aliphatic rings. The molecule has 3 rings (SSSR count). The van der Waals surface area contributed by atoms with Crippen LogP contribution in [-0.2, 0) is 4.79 Å². The second kappa shape index (κ2) is 10.7. The van der Waals surface area contributed by atoms with Crippen molar-refractivity contribution in [1.82, 2.24) is 20.0 Å². The molecule has 8 heteroatoms. The van der Waals surface area contributed by atoms with Gasteiger partial charge in [0.2, 0.25) is 5.91 Å². The summed E-state index contributed by atoms with van der Waals surface area (Å²) in [4.78, 5) is 27.0. The molecule has 0 aliphatic carbocycles. The number of nitrogens with zero attached hydrogens (tertiary/aromatic N) is 3. The number of urea groups is 1. The Morgan fingerprint density at radius 2 is 1.76 bits per heavy atom. The van der Waals surface area contributed by atoms with E-state index >= 15 is 0 Å². The van der Waals surface area contributed by atoms with Crippen molar-refractivity contribution < 1.29 is 14.3 Å². The Balaban J connectivity index is 2.00. The standard InChI is InChI=1S/C25H31N5O3/c1-6-26-25(32)29(17(2)3)16-22(31)27-24-23(19-10-8-7-9-11-19)18(4)28-30(24)20-12-14-21(33-5)15-13-20/h7-15,17H,6,16H2,1-5H3,(H,26,32)(H,27,31). The van der Waals surface area contributed by atoms with Crippen LogP contribution in [0.1, 0.15) is 26.5 Å². The first-order chi connectivity index (χ1) is 15.8. The largest absolute Gasteiger partial charge is 0.497 e. The van der Waals surface area contributed by atoms with E-state index in [4.69, 9.17) is 9.84 Å². The van der Waals surface area contributed by atoms with Gasteiger partial charge in [0.1, 0.15) is 18.1 Å². The molecule has 0 saturated heterocycles. The van der Waals surface area contributed by atoms with E-state index in [9.17, 15) is 9.59 Å². The van der Waals surface area contributed by atoms with Crippen molar-refractivity contribution in [3.05, 3.63) is 60.3 Å². The molecule has 0 saturated carbocycles. The van der Waals surface area contributed by atoms with Crippen LogP contribution in [0.2, 0.25) is 0 Å². The molecule has 0 unspecified atom stereocenters. The van der Waals surface area contributed by atoms with Crippen LogP contribution < -0.4 is 15.4 Å². The first-order valence-corrected chi connectivity index (χ1v) is 11.0. The lowest BCUT2D eigenvalue weighted by atomic mass is 10.1. The number of methoxy groups -OCH3 is 1. The van der Waals surface area contributed by atoms with Crippen LogP contribution in [-0.4, -0.2) is 52.9 Å². The molecule has 2 aromatic carbocycles. The fraction of sp³-hybridized carbons (Fsp3) is 0.320. The Kier molecular flexibility index (Phi) is 7.71. The highest BCUT2D eigenvalue weighted by atomic mass is 16.5. The van der Waals surface area contributed by atoms with Gasteiger partial charge < -0.3 is 20.3 Å². The first kappa shape index (κ1) is 23.8. The van der Waals surface area contributed by atoms with Crippen molar-refractivity contribution >= 4 is 17.8 Å². The summed E-state index contributed by atoms with van der Waals surface area (Å²) in [6, 6.07) is 16.8. The molecular formula is C25H31N5O3. The van der Waals surface area contributed by atoms with E-state index in [2.05, 4.69) is 10.6 Å². The van der Waals surface area contributed by atoms with Gasteiger partial charge in [-0.15, -0.1) is 0 Å². The maximum Gasteiger partial charge on any atom is 0.318 e. The molecule has 2 N–H and O–H groups in total. The third kappa shape index (κ3) is 5.52. The average Bonchev–Trinajstić information content (AvgIpc) is 3.13. The SMILES string of the molecule is CCNC(=O)N(CC(=O)Nc1c(-c2ccccc2)c(C)nn1-c1ccc(OC)cc1)C(C)C. The van der Waals surface area contributed by atoms with Gasteiger partial charge in [-0.2, -0.15) is 5.10 Å². The lowest BCUT2D eigenvalue weighted by molar-refractivity contribution is -0.117. The molecule has 0 spiro atoms. The van der Waals surface area contributed by atoms with Gasteiger partial charge in [0.15, 0.2) is 0 Å². The number of anilines is 1. The Morgan fingerprint density at radius 3 is 2.33 bits per heavy atom. The first-order valence-electron chi connectivity index (χ1n) is 11.0. The Hall–Kier alpha value is -3.81. The molecular weight excluding hydrogens is 418 g/mol. The summed E-state index contributed by atoms with van der Waals surface area (Å²) in [6.45, 7) is 7.93. The van der Waals surface area contributed by atoms with Gasteiger partial charge >= 0.3 is 6.03 Å². The molecule has 0 radical (unpaired) electrons. The molecule has 0 atom stereocenters. The highest BCUT2D eigenvalue weighted by molar-refractivity contribution is 5.98. The number of aromatic nitrogens is 2. The molecule has 33 heavy (non-hydrogen) atoms. The molecule has 0 aliphatic heterocycles. The normalized spacial score (nSPS) is 10.7. The molecule has 174 valence electrons. The molecule has 1 heterocycles. The zero-order valence-corrected chi connectivity index (χ0v) is 19.8. The molecule has 3 amide bonds. The molecule has 3 aromatic rings. The van der Waals surface area contributed by atoms with Gasteiger partial charge in [-0.05, 0) is 57.5 Å². The summed E-state index contributed by atoms with van der Waals surface area (Å²) in [5, 5.41) is 10.5. The van der Waals surface area contributed by atoms with E-state index in [0.717, 1.165) is 28.3 Å². The third-order valence-electron chi connectivity index (χ3n) is 5.22. The van der Waals surface area contributed by atoms with Gasteiger partial charge in [-0.25, -0.2) is 9.48 Å². The Morgan fingerprint density at radius 1 is 1.09 bits per heavy atom. The van der Waals surface area contributed by atoms with Crippen LogP contribution in [0.4, 0.5) is 10.6 Å². The minimum Gasteiger partial charge on any atom is -0.497 e. The predicted octanol–water partition coefficient (Wildman–Crippen LogP) is 4.23. The highest BCUT2D eigenvalue weighted by Gasteiger charge is 2.24. The van der Waals surface area contributed by atoms with Crippen molar-refractivity contribution in [2.24, 2.45) is 0 Å². The van der Waals surface area contributed by atoms with Crippen LogP contribution in [0.15, 0.2) is 54.6 Å². The van der Waals surface area contributed by atoms with Gasteiger partial charge in [-0.3, -0.25) is 4.79 Å². The maximum atomic E-state index is 13.1. The number of aryl methyl sites for hydroxylation is 1. The van der Waals surface area contributed by atoms with Crippen LogP contribution >= 0.6 is 0 Å². The number of carbonyl (C=O) groups excluding carboxylic acids is 2. The topological polar surface area (TPSA) is 88.5 Å². The monoisotopic (exact) mass is 449 g/mol. The number of carbonyl (C=O) groups is 2. The van der Waals surface area contributed by atoms with Crippen molar-refractivity contribution in [3.63, 3.8) is 0 Å². The van der Waals surface area contributed by atoms with Crippen molar-refractivity contribution in [1.29, 1.82) is 0 Å². The van der Waals surface area contributed by atoms with Gasteiger partial charge in [0.05, 0.1) is 18.5 Å². The number of nitrogens with one attached hydrogen (secondary N) is 2. The zero-order valence-electron chi connectivity index (χ0n) is 19.8. The van der Waals surface area contributed by atoms with E-state index in [1.807, 2.05) is 82.3 Å². The number of hydrogen-bond acceptors (Lipinski definition) is 4. The highest BCUT2D eigenvalue weighted by Crippen LogP contribution is 2.33. The van der Waals surface area contributed by atoms with E-state index < -0.39 is 0 Å². The summed E-state index contributed by atoms with van der Waals surface area (Å²) >= 11 is 0. The van der Waals surface area contributed by atoms with E-state index in [-0.39, 0.29) is 24.5 Å². The van der Waals surface area contributed by atoms with E-state index in [1.54, 1.807) is 11.8 Å². The van der Waals surface area contributed by atoms with E-state index in [1.165, 1.54) is 4.90 Å². The second-order valence-corrected chi connectivity index (χ2v) is 7.89. The second-order valence-electron chi connectivity index (χ2n) is 7.89. The zero-order chi connectivity index (χ0) is 24.0. The number of rotatable bonds is 8. The molecule has 0 bridgehead atoms. The fourth-order valence-electron chi connectivity index (χ4n) is 3.57. The van der Waals surface area contributed by atoms with Crippen LogP contribution in [0.5, 0.6) is 5.75 Å². The summed E-state index contributed by atoms with van der Waals surface area (Å²) in [6.07, 6.45) is 0. The Bertz CT molecular complexity index is 1090. The molecule has 1 aromatic heterocycles. The number of amides is 3. The average molecular weight is 450 g/mol. The van der Waals surface area contributed by atoms with Gasteiger partial charge in [0, 0.05) is 18.2 Å². The van der Waals surface area contributed by atoms with Crippen LogP contribution in [0, 0.1) is 6.92 Å². The van der Waals surface area contributed by atoms with Crippen LogP contribution in [0.25, 0.3) is 16.8 Å². The maximum absolute atomic E-state index is 13.1. The van der Waals surface area contributed by atoms with Gasteiger partial charge in [-0.1, -0.05) is 30.3 Å². The minimum absolute atomic E-state index is 0.0788. The fourth-order valence-corrected chi connectivity index (χ4v) is 3.57. The summed E-state index contributed by atoms with van der Waals surface area (Å²) in [7, 11) is 1.61. The number of ether oxygens (including phenoxy) is 1. The minimum atomic E-state index is -0.304. The van der Waals surface area contributed by atoms with Crippen LogP contribution in [0.3, 0.4) is 0 Å². The van der Waals surface area contributed by atoms with Gasteiger partial charge in [0.25, 0.3) is 0 Å². The van der Waals surface area contributed by atoms with Crippen molar-refractivity contribution in [2.45, 2.75) is 33.7 Å². The lowest BCUT2D eigenvalue weighted by Crippen LogP contribution is -2.47. The summed E-state index contributed by atoms with van der Waals surface area (Å²) in [5.41, 5.74) is 3.32. The molecule has 0 fully saturated rings. The molecule has 8 nitrogen and oxygen atoms in total. The van der Waals surface area contributed by atoms with Crippen molar-refractivity contribution in [2.75, 3.05) is 25.5 Å². The smallest absolute Gasteiger partial charge is 0.318 e. The predicted molar refractivity (Wildman–Crippen MR) is 130 cm³/mol. The van der Waals surface area contributed by atoms with E-state index in [0.29, 0.717) is 12.4 Å². The lowest BCUT2D eigenvalue weighted by Gasteiger charge is -2.26.